The molecule has 0 aromatic carbocycles. The smallest absolute Gasteiger partial charge is 0.253 e. The number of pyridine rings is 1. The first-order valence-corrected chi connectivity index (χ1v) is 5.86. The monoisotopic (exact) mass is 236 g/mol. The van der Waals surface area contributed by atoms with Gasteiger partial charge in [0, 0.05) is 44.1 Å². The molecule has 0 aliphatic rings. The van der Waals surface area contributed by atoms with Gasteiger partial charge in [-0.3, -0.25) is 9.78 Å². The second-order valence-electron chi connectivity index (χ2n) is 4.59. The Kier molecular flexibility index (Phi) is 5.10. The molecule has 0 saturated carbocycles. The first-order chi connectivity index (χ1) is 8.04. The molecule has 4 nitrogen and oxygen atoms in total. The fraction of sp³-hybridized carbons (Fsp3) is 0.538. The molecule has 4 heteroatoms. The van der Waals surface area contributed by atoms with Crippen molar-refractivity contribution in [3.05, 3.63) is 29.6 Å². The largest absolute Gasteiger partial charge is 0.396 e. The average Bonchev–Trinajstić information content (AvgIpc) is 2.28. The molecule has 0 saturated heterocycles. The van der Waals surface area contributed by atoms with E-state index in [1.54, 1.807) is 30.3 Å². The molecule has 0 fully saturated rings. The van der Waals surface area contributed by atoms with Crippen LogP contribution in [0.2, 0.25) is 0 Å². The van der Waals surface area contributed by atoms with Crippen molar-refractivity contribution < 1.29 is 9.90 Å². The lowest BCUT2D eigenvalue weighted by Crippen LogP contribution is -2.30. The van der Waals surface area contributed by atoms with Gasteiger partial charge in [0.2, 0.25) is 0 Å². The van der Waals surface area contributed by atoms with Gasteiger partial charge in [-0.1, -0.05) is 13.8 Å². The van der Waals surface area contributed by atoms with Crippen LogP contribution in [0, 0.1) is 5.92 Å². The van der Waals surface area contributed by atoms with Gasteiger partial charge in [0.15, 0.2) is 0 Å². The summed E-state index contributed by atoms with van der Waals surface area (Å²) in [7, 11) is 1.80. The first-order valence-electron chi connectivity index (χ1n) is 5.86. The van der Waals surface area contributed by atoms with Crippen molar-refractivity contribution in [1.29, 1.82) is 0 Å². The van der Waals surface area contributed by atoms with Gasteiger partial charge in [-0.15, -0.1) is 0 Å². The van der Waals surface area contributed by atoms with Crippen molar-refractivity contribution in [1.82, 2.24) is 9.88 Å². The zero-order valence-corrected chi connectivity index (χ0v) is 10.7. The molecule has 17 heavy (non-hydrogen) atoms. The van der Waals surface area contributed by atoms with E-state index >= 15 is 0 Å². The summed E-state index contributed by atoms with van der Waals surface area (Å²) in [6.45, 7) is 4.93. The Morgan fingerprint density at radius 3 is 2.82 bits per heavy atom. The van der Waals surface area contributed by atoms with Crippen LogP contribution in [0.15, 0.2) is 18.3 Å². The van der Waals surface area contributed by atoms with Crippen LogP contribution in [0.3, 0.4) is 0 Å². The molecule has 1 N–H and O–H groups in total. The van der Waals surface area contributed by atoms with E-state index in [-0.39, 0.29) is 12.5 Å². The number of hydrogen-bond donors (Lipinski definition) is 1. The Hall–Kier alpha value is -1.42. The molecule has 1 amide bonds. The minimum atomic E-state index is 0.000268. The van der Waals surface area contributed by atoms with Crippen LogP contribution < -0.4 is 0 Å². The maximum Gasteiger partial charge on any atom is 0.253 e. The third-order valence-corrected chi connectivity index (χ3v) is 2.42. The standard InChI is InChI=1S/C13H20N2O2/c1-10(2)9-15(3)13(17)11-4-6-14-12(8-11)5-7-16/h4,6,8,10,16H,5,7,9H2,1-3H3. The predicted molar refractivity (Wildman–Crippen MR) is 66.8 cm³/mol. The first kappa shape index (κ1) is 13.6. The van der Waals surface area contributed by atoms with E-state index in [2.05, 4.69) is 18.8 Å². The van der Waals surface area contributed by atoms with E-state index in [0.717, 1.165) is 12.2 Å². The molecule has 1 rings (SSSR count). The highest BCUT2D eigenvalue weighted by atomic mass is 16.3. The maximum absolute atomic E-state index is 12.1. The molecular formula is C13H20N2O2. The van der Waals surface area contributed by atoms with E-state index < -0.39 is 0 Å². The summed E-state index contributed by atoms with van der Waals surface area (Å²) in [5.74, 6) is 0.447. The zero-order chi connectivity index (χ0) is 12.8. The maximum atomic E-state index is 12.1. The Bertz CT molecular complexity index is 377. The molecule has 1 aromatic heterocycles. The van der Waals surface area contributed by atoms with Crippen molar-refractivity contribution in [2.24, 2.45) is 5.92 Å². The summed E-state index contributed by atoms with van der Waals surface area (Å²) in [6, 6.07) is 3.45. The second-order valence-corrected chi connectivity index (χ2v) is 4.59. The molecule has 0 aliphatic heterocycles. The molecule has 0 unspecified atom stereocenters. The number of carbonyl (C=O) groups is 1. The van der Waals surface area contributed by atoms with E-state index in [0.29, 0.717) is 17.9 Å². The number of carbonyl (C=O) groups excluding carboxylic acids is 1. The van der Waals surface area contributed by atoms with Crippen molar-refractivity contribution in [3.8, 4) is 0 Å². The molecule has 0 aliphatic carbocycles. The molecule has 1 aromatic rings. The van der Waals surface area contributed by atoms with E-state index in [1.807, 2.05) is 0 Å². The van der Waals surface area contributed by atoms with Gasteiger partial charge in [0.05, 0.1) is 0 Å². The number of aliphatic hydroxyl groups is 1. The van der Waals surface area contributed by atoms with Crippen molar-refractivity contribution in [2.75, 3.05) is 20.2 Å². The zero-order valence-electron chi connectivity index (χ0n) is 10.7. The van der Waals surface area contributed by atoms with Crippen LogP contribution in [-0.2, 0) is 6.42 Å². The Morgan fingerprint density at radius 1 is 1.53 bits per heavy atom. The highest BCUT2D eigenvalue weighted by Gasteiger charge is 2.13. The average molecular weight is 236 g/mol. The van der Waals surface area contributed by atoms with Gasteiger partial charge in [-0.2, -0.15) is 0 Å². The number of hydrogen-bond acceptors (Lipinski definition) is 3. The molecule has 1 heterocycles. The number of aliphatic hydroxyl groups excluding tert-OH is 1. The Labute approximate surface area is 102 Å². The Morgan fingerprint density at radius 2 is 2.24 bits per heavy atom. The second kappa shape index (κ2) is 6.35. The summed E-state index contributed by atoms with van der Waals surface area (Å²) in [6.07, 6.45) is 2.09. The lowest BCUT2D eigenvalue weighted by atomic mass is 10.1. The molecule has 94 valence electrons. The molecule has 0 radical (unpaired) electrons. The normalized spacial score (nSPS) is 10.6. The summed E-state index contributed by atoms with van der Waals surface area (Å²) >= 11 is 0. The summed E-state index contributed by atoms with van der Waals surface area (Å²) in [4.78, 5) is 17.9. The van der Waals surface area contributed by atoms with Gasteiger partial charge in [-0.25, -0.2) is 0 Å². The lowest BCUT2D eigenvalue weighted by molar-refractivity contribution is 0.0779. The molecule has 0 spiro atoms. The molecular weight excluding hydrogens is 216 g/mol. The third-order valence-electron chi connectivity index (χ3n) is 2.42. The summed E-state index contributed by atoms with van der Waals surface area (Å²) in [5, 5.41) is 8.84. The molecule has 0 atom stereocenters. The highest BCUT2D eigenvalue weighted by Crippen LogP contribution is 2.07. The highest BCUT2D eigenvalue weighted by molar-refractivity contribution is 5.94. The molecule has 0 bridgehead atoms. The van der Waals surface area contributed by atoms with Crippen LogP contribution in [0.5, 0.6) is 0 Å². The number of amides is 1. The Balaban J connectivity index is 2.77. The minimum absolute atomic E-state index is 0.000268. The van der Waals surface area contributed by atoms with Gasteiger partial charge >= 0.3 is 0 Å². The fourth-order valence-electron chi connectivity index (χ4n) is 1.71. The van der Waals surface area contributed by atoms with Gasteiger partial charge in [0.25, 0.3) is 5.91 Å². The minimum Gasteiger partial charge on any atom is -0.396 e. The quantitative estimate of drug-likeness (QED) is 0.839. The van der Waals surface area contributed by atoms with Crippen LogP contribution >= 0.6 is 0 Å². The van der Waals surface area contributed by atoms with Gasteiger partial charge in [0.1, 0.15) is 0 Å². The van der Waals surface area contributed by atoms with Crippen molar-refractivity contribution in [2.45, 2.75) is 20.3 Å². The van der Waals surface area contributed by atoms with Crippen LogP contribution in [-0.4, -0.2) is 41.1 Å². The third kappa shape index (κ3) is 4.15. The number of nitrogens with zero attached hydrogens (tertiary/aromatic N) is 2. The van der Waals surface area contributed by atoms with Gasteiger partial charge < -0.3 is 10.0 Å². The van der Waals surface area contributed by atoms with E-state index in [9.17, 15) is 4.79 Å². The van der Waals surface area contributed by atoms with Crippen molar-refractivity contribution in [3.63, 3.8) is 0 Å². The van der Waals surface area contributed by atoms with Crippen LogP contribution in [0.4, 0.5) is 0 Å². The van der Waals surface area contributed by atoms with E-state index in [4.69, 9.17) is 5.11 Å². The van der Waals surface area contributed by atoms with E-state index in [1.165, 1.54) is 0 Å². The van der Waals surface area contributed by atoms with Crippen LogP contribution in [0.25, 0.3) is 0 Å². The SMILES string of the molecule is CC(C)CN(C)C(=O)c1ccnc(CCO)c1. The summed E-state index contributed by atoms with van der Waals surface area (Å²) in [5.41, 5.74) is 1.38. The van der Waals surface area contributed by atoms with Crippen LogP contribution in [0.1, 0.15) is 29.9 Å². The number of aromatic nitrogens is 1. The fourth-order valence-corrected chi connectivity index (χ4v) is 1.71. The lowest BCUT2D eigenvalue weighted by Gasteiger charge is -2.19. The predicted octanol–water partition coefficient (Wildman–Crippen LogP) is 1.34. The number of rotatable bonds is 5. The van der Waals surface area contributed by atoms with Gasteiger partial charge in [-0.05, 0) is 18.1 Å². The summed E-state index contributed by atoms with van der Waals surface area (Å²) < 4.78 is 0. The topological polar surface area (TPSA) is 53.4 Å². The van der Waals surface area contributed by atoms with Crippen molar-refractivity contribution >= 4 is 5.91 Å².